The molecule has 15 nitrogen and oxygen atoms in total. The van der Waals surface area contributed by atoms with E-state index < -0.39 is 86.0 Å². The molecule has 5 rings (SSSR count). The van der Waals surface area contributed by atoms with Crippen LogP contribution in [0.4, 0.5) is 0 Å². The maximum Gasteiger partial charge on any atom is 0.229 e. The molecule has 0 amide bonds. The van der Waals surface area contributed by atoms with E-state index >= 15 is 0 Å². The molecule has 3 aliphatic heterocycles. The van der Waals surface area contributed by atoms with E-state index in [0.717, 1.165) is 6.07 Å². The van der Waals surface area contributed by atoms with E-state index in [0.29, 0.717) is 12.8 Å². The Morgan fingerprint density at radius 2 is 1.58 bits per heavy atom. The Hall–Kier alpha value is -2.57. The van der Waals surface area contributed by atoms with Crippen molar-refractivity contribution in [3.05, 3.63) is 29.5 Å². The number of hydrogen-bond acceptors (Lipinski definition) is 15. The average molecular weight is 615 g/mol. The van der Waals surface area contributed by atoms with Crippen LogP contribution in [0.2, 0.25) is 0 Å². The number of Topliss-reactive ketones (excluding diaryl/α,β-unsaturated/α-hetero) is 1. The highest BCUT2D eigenvalue weighted by molar-refractivity contribution is 6.02. The summed E-state index contributed by atoms with van der Waals surface area (Å²) in [6.45, 7) is 0.981. The molecule has 43 heavy (non-hydrogen) atoms. The molecule has 2 saturated heterocycles. The monoisotopic (exact) mass is 614 g/mol. The van der Waals surface area contributed by atoms with E-state index in [-0.39, 0.29) is 40.9 Å². The van der Waals surface area contributed by atoms with Crippen LogP contribution in [0, 0.1) is 5.92 Å². The second-order valence-corrected chi connectivity index (χ2v) is 11.3. The summed E-state index contributed by atoms with van der Waals surface area (Å²) in [7, 11) is 1.49. The number of phenolic OH excluding ortho intramolecular Hbond substituents is 1. The van der Waals surface area contributed by atoms with Gasteiger partial charge in [-0.1, -0.05) is 0 Å². The first-order chi connectivity index (χ1) is 20.4. The minimum Gasteiger partial charge on any atom is -0.510 e. The highest BCUT2D eigenvalue weighted by Crippen LogP contribution is 2.42. The molecule has 0 bridgehead atoms. The Bertz CT molecular complexity index is 1190. The largest absolute Gasteiger partial charge is 0.510 e. The Morgan fingerprint density at radius 3 is 2.28 bits per heavy atom. The maximum absolute atomic E-state index is 12.9. The van der Waals surface area contributed by atoms with Gasteiger partial charge in [0.1, 0.15) is 83.5 Å². The summed E-state index contributed by atoms with van der Waals surface area (Å²) in [4.78, 5) is 12.9. The quantitative estimate of drug-likeness (QED) is 0.177. The zero-order valence-electron chi connectivity index (χ0n) is 23.5. The second kappa shape index (κ2) is 12.8. The molecular formula is C28H38O15. The molecule has 0 aromatic heterocycles. The van der Waals surface area contributed by atoms with Crippen molar-refractivity contribution in [3.63, 3.8) is 0 Å². The van der Waals surface area contributed by atoms with Crippen molar-refractivity contribution in [1.82, 2.24) is 0 Å². The third-order valence-electron chi connectivity index (χ3n) is 8.39. The zero-order chi connectivity index (χ0) is 31.2. The molecular weight excluding hydrogens is 576 g/mol. The number of rotatable bonds is 7. The molecule has 3 heterocycles. The molecule has 13 atom stereocenters. The average Bonchev–Trinajstić information content (AvgIpc) is 2.97. The SMILES string of the molecule is COC1CCC([C@@H]2CC(=O)c3c(O)cc(O[C@@H]4O[C@H](CO[C@@H]5O[C@@H](C)[C@H](O)[C@@H](O)[C@H]5O)[C@@H](O)[C@H](O)[C@H]4O)cc3O2)C=C1O. The first-order valence-corrected chi connectivity index (χ1v) is 14.1. The van der Waals surface area contributed by atoms with Gasteiger partial charge in [0, 0.05) is 31.6 Å². The van der Waals surface area contributed by atoms with Crippen LogP contribution in [0.5, 0.6) is 17.2 Å². The van der Waals surface area contributed by atoms with Gasteiger partial charge in [0.25, 0.3) is 0 Å². The van der Waals surface area contributed by atoms with E-state index in [1.165, 1.54) is 20.1 Å². The van der Waals surface area contributed by atoms with Gasteiger partial charge in [-0.25, -0.2) is 0 Å². The van der Waals surface area contributed by atoms with Gasteiger partial charge in [-0.2, -0.15) is 0 Å². The number of hydrogen-bond donors (Lipinski definition) is 8. The standard InChI is InChI=1S/C28H38O15/c1-10-21(32)23(34)25(36)27(40-10)39-9-19-22(33)24(35)26(37)28(43-19)41-12-6-14(30)20-15(31)8-17(42-18(20)7-12)11-3-4-16(38-2)13(29)5-11/h5-7,10-11,16-17,19,21-30,32-37H,3-4,8-9H2,1-2H3/t10-,11?,16?,17-,19+,21-,22+,23+,24-,25+,26+,27+,28+/m0/s1. The van der Waals surface area contributed by atoms with Gasteiger partial charge in [0.15, 0.2) is 12.1 Å². The summed E-state index contributed by atoms with van der Waals surface area (Å²) in [6, 6.07) is 2.44. The van der Waals surface area contributed by atoms with E-state index in [2.05, 4.69) is 0 Å². The van der Waals surface area contributed by atoms with Gasteiger partial charge in [-0.15, -0.1) is 0 Å². The van der Waals surface area contributed by atoms with Crippen molar-refractivity contribution in [3.8, 4) is 17.2 Å². The fourth-order valence-corrected chi connectivity index (χ4v) is 5.81. The van der Waals surface area contributed by atoms with Crippen LogP contribution >= 0.6 is 0 Å². The third kappa shape index (κ3) is 6.33. The number of aromatic hydroxyl groups is 1. The predicted octanol–water partition coefficient (Wildman–Crippen LogP) is -1.38. The summed E-state index contributed by atoms with van der Waals surface area (Å²) in [5.74, 6) is -1.13. The number of methoxy groups -OCH3 is 1. The van der Waals surface area contributed by atoms with Crippen molar-refractivity contribution < 1.29 is 74.1 Å². The molecule has 2 fully saturated rings. The molecule has 240 valence electrons. The fraction of sp³-hybridized carbons (Fsp3) is 0.679. The number of phenols is 1. The van der Waals surface area contributed by atoms with Crippen molar-refractivity contribution in [1.29, 1.82) is 0 Å². The minimum atomic E-state index is -1.76. The molecule has 4 aliphatic rings. The Labute approximate surface area is 246 Å². The van der Waals surface area contributed by atoms with Crippen LogP contribution in [-0.4, -0.2) is 134 Å². The highest BCUT2D eigenvalue weighted by Gasteiger charge is 2.47. The summed E-state index contributed by atoms with van der Waals surface area (Å²) in [6.07, 6.45) is -13.2. The smallest absolute Gasteiger partial charge is 0.229 e. The van der Waals surface area contributed by atoms with Crippen LogP contribution in [0.1, 0.15) is 36.5 Å². The lowest BCUT2D eigenvalue weighted by atomic mass is 9.84. The lowest BCUT2D eigenvalue weighted by molar-refractivity contribution is -0.318. The Kier molecular flexibility index (Phi) is 9.48. The van der Waals surface area contributed by atoms with Gasteiger partial charge in [0.05, 0.1) is 12.7 Å². The van der Waals surface area contributed by atoms with Crippen molar-refractivity contribution in [2.45, 2.75) is 99.8 Å². The van der Waals surface area contributed by atoms with Crippen LogP contribution in [0.25, 0.3) is 0 Å². The van der Waals surface area contributed by atoms with Crippen LogP contribution in [-0.2, 0) is 18.9 Å². The zero-order valence-corrected chi connectivity index (χ0v) is 23.5. The third-order valence-corrected chi connectivity index (χ3v) is 8.39. The number of aliphatic hydroxyl groups excluding tert-OH is 7. The summed E-state index contributed by atoms with van der Waals surface area (Å²) < 4.78 is 33.5. The summed E-state index contributed by atoms with van der Waals surface area (Å²) in [5.41, 5.74) is -0.0539. The first kappa shape index (κ1) is 31.8. The Morgan fingerprint density at radius 1 is 0.884 bits per heavy atom. The number of benzene rings is 1. The molecule has 1 aromatic carbocycles. The lowest BCUT2D eigenvalue weighted by Gasteiger charge is -2.42. The summed E-state index contributed by atoms with van der Waals surface area (Å²) >= 11 is 0. The van der Waals surface area contributed by atoms with Gasteiger partial charge in [-0.05, 0) is 25.8 Å². The highest BCUT2D eigenvalue weighted by atomic mass is 16.7. The molecule has 0 saturated carbocycles. The van der Waals surface area contributed by atoms with Crippen molar-refractivity contribution in [2.75, 3.05) is 13.7 Å². The molecule has 0 spiro atoms. The Balaban J connectivity index is 1.28. The molecule has 2 unspecified atom stereocenters. The van der Waals surface area contributed by atoms with Gasteiger partial charge >= 0.3 is 0 Å². The van der Waals surface area contributed by atoms with Crippen LogP contribution in [0.15, 0.2) is 24.0 Å². The number of fused-ring (bicyclic) bond motifs is 1. The maximum atomic E-state index is 12.9. The van der Waals surface area contributed by atoms with Gasteiger partial charge in [0.2, 0.25) is 6.29 Å². The van der Waals surface area contributed by atoms with Crippen molar-refractivity contribution in [2.24, 2.45) is 5.92 Å². The van der Waals surface area contributed by atoms with E-state index in [4.69, 9.17) is 28.4 Å². The van der Waals surface area contributed by atoms with E-state index in [9.17, 15) is 45.6 Å². The first-order valence-electron chi connectivity index (χ1n) is 14.1. The predicted molar refractivity (Wildman–Crippen MR) is 141 cm³/mol. The lowest BCUT2D eigenvalue weighted by Crippen LogP contribution is -2.61. The molecule has 1 aromatic rings. The molecule has 15 heteroatoms. The minimum absolute atomic E-state index is 0.0158. The normalized spacial score (nSPS) is 41.6. The number of aliphatic hydroxyl groups is 7. The van der Waals surface area contributed by atoms with Gasteiger partial charge < -0.3 is 69.3 Å². The van der Waals surface area contributed by atoms with Crippen LogP contribution in [0.3, 0.4) is 0 Å². The molecule has 1 aliphatic carbocycles. The van der Waals surface area contributed by atoms with E-state index in [1.807, 2.05) is 0 Å². The topological polar surface area (TPSA) is 234 Å². The second-order valence-electron chi connectivity index (χ2n) is 11.3. The van der Waals surface area contributed by atoms with Gasteiger partial charge in [-0.3, -0.25) is 4.79 Å². The van der Waals surface area contributed by atoms with E-state index in [1.54, 1.807) is 6.08 Å². The molecule has 8 N–H and O–H groups in total. The summed E-state index contributed by atoms with van der Waals surface area (Å²) in [5, 5.41) is 82.4. The van der Waals surface area contributed by atoms with Crippen molar-refractivity contribution >= 4 is 5.78 Å². The fourth-order valence-electron chi connectivity index (χ4n) is 5.81. The van der Waals surface area contributed by atoms with Crippen LogP contribution < -0.4 is 9.47 Å². The number of ketones is 1. The number of carbonyl (C=O) groups is 1. The number of ether oxygens (including phenoxy) is 6. The molecule has 0 radical (unpaired) electrons. The number of carbonyl (C=O) groups excluding carboxylic acids is 1.